The minimum atomic E-state index is 0.0796. The van der Waals surface area contributed by atoms with Crippen LogP contribution in [-0.4, -0.2) is 39.7 Å². The third kappa shape index (κ3) is 2.41. The smallest absolute Gasteiger partial charge is 0.257 e. The van der Waals surface area contributed by atoms with E-state index in [2.05, 4.69) is 5.10 Å². The number of aryl methyl sites for hydroxylation is 1. The maximum Gasteiger partial charge on any atom is 0.257 e. The summed E-state index contributed by atoms with van der Waals surface area (Å²) in [4.78, 5) is 14.4. The molecule has 2 N–H and O–H groups in total. The van der Waals surface area contributed by atoms with Crippen LogP contribution in [0.25, 0.3) is 0 Å². The fourth-order valence-electron chi connectivity index (χ4n) is 2.93. The molecule has 1 aromatic heterocycles. The minimum Gasteiger partial charge on any atom is -0.336 e. The van der Waals surface area contributed by atoms with E-state index in [-0.39, 0.29) is 5.91 Å². The maximum atomic E-state index is 12.5. The molecule has 1 fully saturated rings. The Hall–Kier alpha value is -1.36. The van der Waals surface area contributed by atoms with Crippen molar-refractivity contribution in [1.82, 2.24) is 14.7 Å². The number of rotatable bonds is 4. The Morgan fingerprint density at radius 3 is 2.94 bits per heavy atom. The van der Waals surface area contributed by atoms with Crippen LogP contribution in [0.2, 0.25) is 0 Å². The number of carbonyl (C=O) groups is 1. The van der Waals surface area contributed by atoms with E-state index in [9.17, 15) is 4.79 Å². The van der Waals surface area contributed by atoms with E-state index in [0.717, 1.165) is 19.4 Å². The van der Waals surface area contributed by atoms with E-state index in [4.69, 9.17) is 5.73 Å². The van der Waals surface area contributed by atoms with Crippen molar-refractivity contribution < 1.29 is 4.79 Å². The normalized spacial score (nSPS) is 23.3. The van der Waals surface area contributed by atoms with Gasteiger partial charge in [-0.2, -0.15) is 5.10 Å². The summed E-state index contributed by atoms with van der Waals surface area (Å²) in [5.41, 5.74) is 6.47. The summed E-state index contributed by atoms with van der Waals surface area (Å²) in [6, 6.07) is 0.299. The number of carbonyl (C=O) groups excluding carboxylic acids is 1. The molecule has 1 aliphatic carbocycles. The Kier molecular flexibility index (Phi) is 4.01. The summed E-state index contributed by atoms with van der Waals surface area (Å²) in [6.45, 7) is 3.43. The second-order valence-electron chi connectivity index (χ2n) is 4.99. The number of nitrogens with zero attached hydrogens (tertiary/aromatic N) is 3. The largest absolute Gasteiger partial charge is 0.336 e. The molecule has 1 saturated carbocycles. The van der Waals surface area contributed by atoms with Gasteiger partial charge in [-0.15, -0.1) is 0 Å². The van der Waals surface area contributed by atoms with Crippen LogP contribution in [-0.2, 0) is 7.05 Å². The lowest BCUT2D eigenvalue weighted by Crippen LogP contribution is -2.44. The first-order valence-corrected chi connectivity index (χ1v) is 6.67. The van der Waals surface area contributed by atoms with Crippen molar-refractivity contribution in [3.05, 3.63) is 18.0 Å². The topological polar surface area (TPSA) is 64.2 Å². The second kappa shape index (κ2) is 5.52. The Balaban J connectivity index is 2.15. The molecule has 0 saturated heterocycles. The highest BCUT2D eigenvalue weighted by atomic mass is 16.2. The number of hydrogen-bond acceptors (Lipinski definition) is 3. The van der Waals surface area contributed by atoms with Crippen molar-refractivity contribution in [2.75, 3.05) is 13.1 Å². The summed E-state index contributed by atoms with van der Waals surface area (Å²) in [6.07, 6.45) is 6.79. The average molecular weight is 250 g/mol. The number of amides is 1. The molecule has 0 spiro atoms. The fraction of sp³-hybridized carbons (Fsp3) is 0.692. The predicted molar refractivity (Wildman–Crippen MR) is 70.1 cm³/mol. The van der Waals surface area contributed by atoms with Crippen molar-refractivity contribution in [3.8, 4) is 0 Å². The molecule has 2 atom stereocenters. The Morgan fingerprint density at radius 2 is 2.39 bits per heavy atom. The Labute approximate surface area is 108 Å². The van der Waals surface area contributed by atoms with Gasteiger partial charge in [0.1, 0.15) is 0 Å². The average Bonchev–Trinajstić information content (AvgIpc) is 2.98. The van der Waals surface area contributed by atoms with E-state index < -0.39 is 0 Å². The van der Waals surface area contributed by atoms with E-state index in [1.165, 1.54) is 6.42 Å². The SMILES string of the molecule is CCN(C(=O)c1cnn(C)c1)C1CCCC1CN. The summed E-state index contributed by atoms with van der Waals surface area (Å²) in [5.74, 6) is 0.529. The quantitative estimate of drug-likeness (QED) is 0.867. The van der Waals surface area contributed by atoms with Crippen LogP contribution in [0.4, 0.5) is 0 Å². The molecule has 100 valence electrons. The van der Waals surface area contributed by atoms with Crippen LogP contribution in [0.5, 0.6) is 0 Å². The molecule has 0 radical (unpaired) electrons. The fourth-order valence-corrected chi connectivity index (χ4v) is 2.93. The second-order valence-corrected chi connectivity index (χ2v) is 4.99. The molecule has 0 aliphatic heterocycles. The van der Waals surface area contributed by atoms with Gasteiger partial charge in [0.05, 0.1) is 11.8 Å². The summed E-state index contributed by atoms with van der Waals surface area (Å²) >= 11 is 0. The molecule has 1 aromatic rings. The number of nitrogens with two attached hydrogens (primary N) is 1. The molecule has 1 heterocycles. The first kappa shape index (κ1) is 13.1. The van der Waals surface area contributed by atoms with Gasteiger partial charge in [-0.25, -0.2) is 0 Å². The van der Waals surface area contributed by atoms with Gasteiger partial charge in [0.15, 0.2) is 0 Å². The third-order valence-corrected chi connectivity index (χ3v) is 3.88. The van der Waals surface area contributed by atoms with E-state index in [1.54, 1.807) is 17.1 Å². The van der Waals surface area contributed by atoms with E-state index >= 15 is 0 Å². The lowest BCUT2D eigenvalue weighted by atomic mass is 10.0. The summed E-state index contributed by atoms with van der Waals surface area (Å²) in [7, 11) is 1.82. The van der Waals surface area contributed by atoms with E-state index in [0.29, 0.717) is 24.1 Å². The first-order valence-electron chi connectivity index (χ1n) is 6.67. The Bertz CT molecular complexity index is 415. The molecule has 1 amide bonds. The molecule has 5 nitrogen and oxygen atoms in total. The number of hydrogen-bond donors (Lipinski definition) is 1. The van der Waals surface area contributed by atoms with Gasteiger partial charge in [0.2, 0.25) is 0 Å². The van der Waals surface area contributed by atoms with E-state index in [1.807, 2.05) is 18.9 Å². The third-order valence-electron chi connectivity index (χ3n) is 3.88. The lowest BCUT2D eigenvalue weighted by Gasteiger charge is -2.31. The highest BCUT2D eigenvalue weighted by Crippen LogP contribution is 2.30. The van der Waals surface area contributed by atoms with Crippen molar-refractivity contribution in [2.45, 2.75) is 32.2 Å². The highest BCUT2D eigenvalue weighted by Gasteiger charge is 2.33. The zero-order chi connectivity index (χ0) is 13.1. The van der Waals surface area contributed by atoms with Crippen LogP contribution in [0, 0.1) is 5.92 Å². The maximum absolute atomic E-state index is 12.5. The summed E-state index contributed by atoms with van der Waals surface area (Å²) < 4.78 is 1.66. The standard InChI is InChI=1S/C13H22N4O/c1-3-17(12-6-4-5-10(12)7-14)13(18)11-8-15-16(2)9-11/h8-10,12H,3-7,14H2,1-2H3. The van der Waals surface area contributed by atoms with Gasteiger partial charge < -0.3 is 10.6 Å². The lowest BCUT2D eigenvalue weighted by molar-refractivity contribution is 0.0652. The monoisotopic (exact) mass is 250 g/mol. The van der Waals surface area contributed by atoms with Crippen molar-refractivity contribution in [3.63, 3.8) is 0 Å². The molecule has 5 heteroatoms. The van der Waals surface area contributed by atoms with Crippen LogP contribution in [0.1, 0.15) is 36.5 Å². The van der Waals surface area contributed by atoms with Crippen LogP contribution >= 0.6 is 0 Å². The molecule has 1 aliphatic rings. The van der Waals surface area contributed by atoms with Crippen molar-refractivity contribution in [2.24, 2.45) is 18.7 Å². The Morgan fingerprint density at radius 1 is 1.61 bits per heavy atom. The number of aromatic nitrogens is 2. The molecule has 2 unspecified atom stereocenters. The van der Waals surface area contributed by atoms with Gasteiger partial charge in [-0.05, 0) is 32.2 Å². The molecule has 0 bridgehead atoms. The molecular weight excluding hydrogens is 228 g/mol. The summed E-state index contributed by atoms with van der Waals surface area (Å²) in [5, 5.41) is 4.06. The van der Waals surface area contributed by atoms with Crippen LogP contribution in [0.15, 0.2) is 12.4 Å². The molecule has 2 rings (SSSR count). The van der Waals surface area contributed by atoms with Gasteiger partial charge in [-0.1, -0.05) is 6.42 Å². The van der Waals surface area contributed by atoms with Crippen molar-refractivity contribution in [1.29, 1.82) is 0 Å². The van der Waals surface area contributed by atoms with Crippen LogP contribution in [0.3, 0.4) is 0 Å². The van der Waals surface area contributed by atoms with Gasteiger partial charge in [-0.3, -0.25) is 9.48 Å². The molecule has 0 aromatic carbocycles. The first-order chi connectivity index (χ1) is 8.67. The van der Waals surface area contributed by atoms with Gasteiger partial charge in [0.25, 0.3) is 5.91 Å². The molecular formula is C13H22N4O. The zero-order valence-corrected chi connectivity index (χ0v) is 11.2. The molecule has 18 heavy (non-hydrogen) atoms. The van der Waals surface area contributed by atoms with Crippen LogP contribution < -0.4 is 5.73 Å². The van der Waals surface area contributed by atoms with Crippen molar-refractivity contribution >= 4 is 5.91 Å². The minimum absolute atomic E-state index is 0.0796. The zero-order valence-electron chi connectivity index (χ0n) is 11.2. The highest BCUT2D eigenvalue weighted by molar-refractivity contribution is 5.94. The van der Waals surface area contributed by atoms with Gasteiger partial charge >= 0.3 is 0 Å². The predicted octanol–water partition coefficient (Wildman–Crippen LogP) is 1.01. The van der Waals surface area contributed by atoms with Gasteiger partial charge in [0, 0.05) is 25.8 Å².